The number of likely N-dealkylation sites (N-methyl/N-ethyl adjacent to an activating group) is 1. The third kappa shape index (κ3) is 2.69. The van der Waals surface area contributed by atoms with Crippen molar-refractivity contribution in [1.29, 1.82) is 0 Å². The Kier molecular flexibility index (Phi) is 4.35. The van der Waals surface area contributed by atoms with Gasteiger partial charge in [0.25, 0.3) is 0 Å². The van der Waals surface area contributed by atoms with Gasteiger partial charge in [0, 0.05) is 26.6 Å². The lowest BCUT2D eigenvalue weighted by atomic mass is 10.1. The lowest BCUT2D eigenvalue weighted by Gasteiger charge is -2.26. The number of aliphatic hydroxyl groups is 1. The number of nitrogens with one attached hydrogen (secondary N) is 1. The topological polar surface area (TPSA) is 52.6 Å². The second-order valence-electron chi connectivity index (χ2n) is 3.90. The summed E-state index contributed by atoms with van der Waals surface area (Å²) in [7, 11) is 1.78. The summed E-state index contributed by atoms with van der Waals surface area (Å²) in [6.07, 6.45) is 2.14. The van der Waals surface area contributed by atoms with E-state index >= 15 is 0 Å². The predicted molar refractivity (Wildman–Crippen MR) is 55.0 cm³/mol. The van der Waals surface area contributed by atoms with Gasteiger partial charge in [0.15, 0.2) is 0 Å². The van der Waals surface area contributed by atoms with E-state index in [1.165, 1.54) is 0 Å². The average molecular weight is 200 g/mol. The summed E-state index contributed by atoms with van der Waals surface area (Å²) in [5, 5.41) is 12.6. The molecule has 1 heterocycles. The fourth-order valence-electron chi connectivity index (χ4n) is 1.74. The van der Waals surface area contributed by atoms with Crippen LogP contribution in [-0.2, 0) is 4.79 Å². The van der Waals surface area contributed by atoms with Crippen LogP contribution in [0.5, 0.6) is 0 Å². The van der Waals surface area contributed by atoms with Gasteiger partial charge >= 0.3 is 0 Å². The molecule has 4 nitrogen and oxygen atoms in total. The average Bonchev–Trinajstić information content (AvgIpc) is 2.59. The molecule has 4 heteroatoms. The van der Waals surface area contributed by atoms with Crippen molar-refractivity contribution in [3.8, 4) is 0 Å². The number of unbranched alkanes of at least 4 members (excludes halogenated alkanes) is 1. The molecule has 82 valence electrons. The fourth-order valence-corrected chi connectivity index (χ4v) is 1.74. The number of nitrogens with zero attached hydrogens (tertiary/aromatic N) is 1. The molecule has 1 fully saturated rings. The number of amides is 1. The first-order chi connectivity index (χ1) is 6.66. The fraction of sp³-hybridized carbons (Fsp3) is 0.900. The van der Waals surface area contributed by atoms with Gasteiger partial charge in [-0.3, -0.25) is 4.79 Å². The highest BCUT2D eigenvalue weighted by Gasteiger charge is 2.30. The van der Waals surface area contributed by atoms with E-state index in [1.807, 2.05) is 0 Å². The number of hydrogen-bond acceptors (Lipinski definition) is 3. The molecule has 0 aromatic rings. The molecule has 0 bridgehead atoms. The number of aliphatic hydroxyl groups excluding tert-OH is 1. The second kappa shape index (κ2) is 5.32. The summed E-state index contributed by atoms with van der Waals surface area (Å²) in [5.41, 5.74) is 0. The van der Waals surface area contributed by atoms with Crippen LogP contribution in [0, 0.1) is 0 Å². The molecule has 14 heavy (non-hydrogen) atoms. The number of carbonyl (C=O) groups excluding carboxylic acids is 1. The summed E-state index contributed by atoms with van der Waals surface area (Å²) >= 11 is 0. The Morgan fingerprint density at radius 2 is 2.29 bits per heavy atom. The third-order valence-electron chi connectivity index (χ3n) is 2.79. The number of β-amino-alcohol motifs (C(OH)–C–C–N with tert-alkyl or cyclic N) is 1. The Balaban J connectivity index is 2.39. The van der Waals surface area contributed by atoms with Crippen molar-refractivity contribution in [3.05, 3.63) is 0 Å². The predicted octanol–water partition coefficient (Wildman–Crippen LogP) is -0.0323. The summed E-state index contributed by atoms with van der Waals surface area (Å²) in [4.78, 5) is 13.3. The molecule has 0 aliphatic carbocycles. The van der Waals surface area contributed by atoms with Crippen LogP contribution in [0.25, 0.3) is 0 Å². The molecule has 2 N–H and O–H groups in total. The van der Waals surface area contributed by atoms with Gasteiger partial charge in [-0.15, -0.1) is 0 Å². The van der Waals surface area contributed by atoms with E-state index in [2.05, 4.69) is 12.2 Å². The van der Waals surface area contributed by atoms with Crippen molar-refractivity contribution in [1.82, 2.24) is 10.2 Å². The zero-order chi connectivity index (χ0) is 10.6. The zero-order valence-electron chi connectivity index (χ0n) is 8.99. The van der Waals surface area contributed by atoms with Gasteiger partial charge in [0.1, 0.15) is 0 Å². The van der Waals surface area contributed by atoms with Crippen LogP contribution in [0.3, 0.4) is 0 Å². The Labute approximate surface area is 85.3 Å². The van der Waals surface area contributed by atoms with Gasteiger partial charge in [0.05, 0.1) is 12.1 Å². The number of rotatable bonds is 4. The lowest BCUT2D eigenvalue weighted by Crippen LogP contribution is -2.44. The molecule has 2 atom stereocenters. The highest BCUT2D eigenvalue weighted by Crippen LogP contribution is 2.09. The maximum absolute atomic E-state index is 11.6. The molecular weight excluding hydrogens is 180 g/mol. The Bertz CT molecular complexity index is 197. The van der Waals surface area contributed by atoms with E-state index in [1.54, 1.807) is 11.9 Å². The normalized spacial score (nSPS) is 26.5. The van der Waals surface area contributed by atoms with Crippen LogP contribution in [0.15, 0.2) is 0 Å². The standard InChI is InChI=1S/C10H20N2O2/c1-3-4-5-10(14)12(2)8-6-11-7-9(8)13/h8-9,11,13H,3-7H2,1-2H3/t8-,9-/m1/s1. The van der Waals surface area contributed by atoms with Crippen LogP contribution >= 0.6 is 0 Å². The Hall–Kier alpha value is -0.610. The van der Waals surface area contributed by atoms with Gasteiger partial charge in [-0.2, -0.15) is 0 Å². The van der Waals surface area contributed by atoms with Crippen molar-refractivity contribution < 1.29 is 9.90 Å². The largest absolute Gasteiger partial charge is 0.390 e. The molecule has 1 rings (SSSR count). The molecule has 1 aliphatic heterocycles. The monoisotopic (exact) mass is 200 g/mol. The van der Waals surface area contributed by atoms with Crippen LogP contribution < -0.4 is 5.32 Å². The lowest BCUT2D eigenvalue weighted by molar-refractivity contribution is -0.133. The van der Waals surface area contributed by atoms with Crippen molar-refractivity contribution in [2.75, 3.05) is 20.1 Å². The molecule has 1 aliphatic rings. The molecule has 0 unspecified atom stereocenters. The van der Waals surface area contributed by atoms with Crippen LogP contribution in [0.1, 0.15) is 26.2 Å². The van der Waals surface area contributed by atoms with Gasteiger partial charge in [-0.25, -0.2) is 0 Å². The minimum atomic E-state index is -0.412. The van der Waals surface area contributed by atoms with E-state index in [9.17, 15) is 9.90 Å². The van der Waals surface area contributed by atoms with Crippen molar-refractivity contribution >= 4 is 5.91 Å². The highest BCUT2D eigenvalue weighted by molar-refractivity contribution is 5.76. The smallest absolute Gasteiger partial charge is 0.222 e. The number of hydrogen-bond donors (Lipinski definition) is 2. The van der Waals surface area contributed by atoms with Gasteiger partial charge < -0.3 is 15.3 Å². The minimum absolute atomic E-state index is 0.0423. The van der Waals surface area contributed by atoms with E-state index in [0.29, 0.717) is 19.5 Å². The quantitative estimate of drug-likeness (QED) is 0.670. The van der Waals surface area contributed by atoms with Crippen LogP contribution in [-0.4, -0.2) is 48.2 Å². The molecular formula is C10H20N2O2. The first kappa shape index (κ1) is 11.5. The maximum atomic E-state index is 11.6. The molecule has 1 amide bonds. The molecule has 0 spiro atoms. The van der Waals surface area contributed by atoms with E-state index in [-0.39, 0.29) is 11.9 Å². The number of carbonyl (C=O) groups is 1. The molecule has 0 aromatic carbocycles. The maximum Gasteiger partial charge on any atom is 0.222 e. The van der Waals surface area contributed by atoms with Gasteiger partial charge in [0.2, 0.25) is 5.91 Å². The first-order valence-electron chi connectivity index (χ1n) is 5.31. The summed E-state index contributed by atoms with van der Waals surface area (Å²) < 4.78 is 0. The van der Waals surface area contributed by atoms with Crippen molar-refractivity contribution in [3.63, 3.8) is 0 Å². The second-order valence-corrected chi connectivity index (χ2v) is 3.90. The van der Waals surface area contributed by atoms with E-state index < -0.39 is 6.10 Å². The van der Waals surface area contributed by atoms with Crippen molar-refractivity contribution in [2.24, 2.45) is 0 Å². The Morgan fingerprint density at radius 3 is 2.79 bits per heavy atom. The summed E-state index contributed by atoms with van der Waals surface area (Å²) in [5.74, 6) is 0.139. The molecule has 0 radical (unpaired) electrons. The minimum Gasteiger partial charge on any atom is -0.390 e. The van der Waals surface area contributed by atoms with Crippen LogP contribution in [0.4, 0.5) is 0 Å². The first-order valence-corrected chi connectivity index (χ1v) is 5.31. The van der Waals surface area contributed by atoms with Crippen LogP contribution in [0.2, 0.25) is 0 Å². The molecule has 0 aromatic heterocycles. The molecule has 0 saturated carbocycles. The zero-order valence-corrected chi connectivity index (χ0v) is 8.99. The highest BCUT2D eigenvalue weighted by atomic mass is 16.3. The van der Waals surface area contributed by atoms with E-state index in [0.717, 1.165) is 12.8 Å². The molecule has 1 saturated heterocycles. The van der Waals surface area contributed by atoms with Crippen molar-refractivity contribution in [2.45, 2.75) is 38.3 Å². The third-order valence-corrected chi connectivity index (χ3v) is 2.79. The summed E-state index contributed by atoms with van der Waals surface area (Å²) in [6.45, 7) is 3.37. The van der Waals surface area contributed by atoms with Gasteiger partial charge in [-0.1, -0.05) is 13.3 Å². The summed E-state index contributed by atoms with van der Waals surface area (Å²) in [6, 6.07) is -0.0423. The van der Waals surface area contributed by atoms with E-state index in [4.69, 9.17) is 0 Å². The Morgan fingerprint density at radius 1 is 1.57 bits per heavy atom. The SMILES string of the molecule is CCCCC(=O)N(C)[C@@H]1CNC[C@H]1O. The van der Waals surface area contributed by atoms with Gasteiger partial charge in [-0.05, 0) is 6.42 Å².